The molecule has 0 nitrogen and oxygen atoms in total. The van der Waals surface area contributed by atoms with Gasteiger partial charge in [0.1, 0.15) is 0 Å². The van der Waals surface area contributed by atoms with Crippen LogP contribution in [0.1, 0.15) is 194 Å². The van der Waals surface area contributed by atoms with Crippen molar-refractivity contribution in [2.45, 2.75) is 177 Å². The smallest absolute Gasteiger partial charge is 0.156 e. The van der Waals surface area contributed by atoms with Gasteiger partial charge in [0.25, 0.3) is 0 Å². The molecule has 0 heterocycles. The summed E-state index contributed by atoms with van der Waals surface area (Å²) in [6.07, 6.45) is 0. The zero-order valence-electron chi connectivity index (χ0n) is 31.3. The Balaban J connectivity index is 3.43. The maximum Gasteiger partial charge on any atom is 0.156 e. The fourth-order valence-electron chi connectivity index (χ4n) is 7.57. The van der Waals surface area contributed by atoms with Gasteiger partial charge in [-0.1, -0.05) is 173 Å². The molecule has 43 heavy (non-hydrogen) atoms. The third-order valence-electron chi connectivity index (χ3n) is 10.0. The van der Waals surface area contributed by atoms with E-state index in [1.165, 1.54) is 33.4 Å². The van der Waals surface area contributed by atoms with Crippen LogP contribution in [-0.4, -0.2) is 15.8 Å². The van der Waals surface area contributed by atoms with Crippen LogP contribution in [0.15, 0.2) is 24.3 Å². The maximum atomic E-state index is 20.1. The van der Waals surface area contributed by atoms with E-state index in [1.54, 1.807) is 0 Å². The molecular weight excluding hydrogens is 575 g/mol. The summed E-state index contributed by atoms with van der Waals surface area (Å²) in [6, 6.07) is 9.62. The number of hydrogen-bond donors (Lipinski definition) is 0. The fraction of sp³-hybridized carbons (Fsp3) is 0.692. The van der Waals surface area contributed by atoms with Crippen LogP contribution in [0, 0.1) is 0 Å². The molecule has 0 aliphatic rings. The lowest BCUT2D eigenvalue weighted by Crippen LogP contribution is -2.61. The lowest BCUT2D eigenvalue weighted by Gasteiger charge is -2.60. The summed E-state index contributed by atoms with van der Waals surface area (Å²) in [6.45, 7) is 42.0. The molecule has 0 aliphatic heterocycles. The third kappa shape index (κ3) is 7.63. The van der Waals surface area contributed by atoms with Crippen LogP contribution in [0.2, 0.25) is 16.6 Å². The van der Waals surface area contributed by atoms with Crippen molar-refractivity contribution < 1.29 is 4.11 Å². The van der Waals surface area contributed by atoms with E-state index in [0.29, 0.717) is 28.5 Å². The molecule has 0 saturated heterocycles. The van der Waals surface area contributed by atoms with E-state index in [0.717, 1.165) is 18.0 Å². The van der Waals surface area contributed by atoms with Crippen molar-refractivity contribution in [3.05, 3.63) is 57.6 Å². The Bertz CT molecular complexity index is 1060. The van der Waals surface area contributed by atoms with Crippen LogP contribution in [0.3, 0.4) is 0 Å². The molecule has 0 aromatic heterocycles. The van der Waals surface area contributed by atoms with Gasteiger partial charge in [-0.3, -0.25) is 0 Å². The van der Waals surface area contributed by atoms with Crippen molar-refractivity contribution in [1.29, 1.82) is 0 Å². The highest BCUT2D eigenvalue weighted by molar-refractivity contribution is 8.10. The van der Waals surface area contributed by atoms with Gasteiger partial charge in [0, 0.05) is 0 Å². The molecular formula is C39H67FPSi2-. The van der Waals surface area contributed by atoms with Gasteiger partial charge >= 0.3 is 0 Å². The summed E-state index contributed by atoms with van der Waals surface area (Å²) >= 11 is 0. The van der Waals surface area contributed by atoms with Crippen molar-refractivity contribution in [1.82, 2.24) is 0 Å². The molecule has 0 atom stereocenters. The van der Waals surface area contributed by atoms with Gasteiger partial charge in [-0.15, -0.1) is 0 Å². The third-order valence-corrected chi connectivity index (χ3v) is 33.1. The van der Waals surface area contributed by atoms with Crippen molar-refractivity contribution in [3.8, 4) is 0 Å². The molecule has 0 radical (unpaired) electrons. The molecule has 0 unspecified atom stereocenters. The van der Waals surface area contributed by atoms with E-state index >= 15 is 4.11 Å². The summed E-state index contributed by atoms with van der Waals surface area (Å²) in [7, 11) is -4.85. The Hall–Kier alpha value is -0.766. The Morgan fingerprint density at radius 2 is 0.651 bits per heavy atom. The first-order valence-corrected chi connectivity index (χ1v) is 24.1. The second kappa shape index (κ2) is 14.8. The standard InChI is InChI=1S/C39H67FPSi2/c1-23(2)32-19-34(25(5)6)38(35(20-32)26(7)8)43(40,41-42(29(13)14,30(15)16)31(17)18)39-36(27(9)10)21-33(24(3)4)22-37(39)28(11)12/h19-31H,1-18H3/q-1. The molecule has 0 spiro atoms. The van der Waals surface area contributed by atoms with E-state index < -0.39 is 15.8 Å². The quantitative estimate of drug-likeness (QED) is 0.116. The summed E-state index contributed by atoms with van der Waals surface area (Å²) in [5, 5.41) is 2.26. The van der Waals surface area contributed by atoms with Gasteiger partial charge < -0.3 is 11.8 Å². The highest BCUT2D eigenvalue weighted by Gasteiger charge is 2.45. The Morgan fingerprint density at radius 1 is 0.419 bits per heavy atom. The number of hydrogen-bond acceptors (Lipinski definition) is 0. The largest absolute Gasteiger partial charge is 0.496 e. The molecule has 0 N–H and O–H groups in total. The second-order valence-electron chi connectivity index (χ2n) is 16.2. The summed E-state index contributed by atoms with van der Waals surface area (Å²) < 4.78 is 20.1. The highest BCUT2D eigenvalue weighted by Crippen LogP contribution is 2.57. The van der Waals surface area contributed by atoms with E-state index in [4.69, 9.17) is 0 Å². The molecule has 2 aromatic carbocycles. The first-order chi connectivity index (χ1) is 19.6. The van der Waals surface area contributed by atoms with Crippen LogP contribution in [0.4, 0.5) is 4.11 Å². The van der Waals surface area contributed by atoms with E-state index in [1.807, 2.05) is 0 Å². The van der Waals surface area contributed by atoms with Crippen LogP contribution in [0.25, 0.3) is 0 Å². The molecule has 0 amide bonds. The predicted octanol–water partition coefficient (Wildman–Crippen LogP) is 13.1. The van der Waals surface area contributed by atoms with Gasteiger partial charge in [0.05, 0.1) is 0 Å². The predicted molar refractivity (Wildman–Crippen MR) is 202 cm³/mol. The van der Waals surface area contributed by atoms with Gasteiger partial charge in [-0.05, 0) is 79.3 Å². The first-order valence-electron chi connectivity index (χ1n) is 17.4. The van der Waals surface area contributed by atoms with Gasteiger partial charge in [0.2, 0.25) is 0 Å². The zero-order chi connectivity index (χ0) is 33.4. The van der Waals surface area contributed by atoms with Crippen LogP contribution < -0.4 is 10.4 Å². The molecule has 2 rings (SSSR count). The number of rotatable bonds is 13. The zero-order valence-corrected chi connectivity index (χ0v) is 34.2. The minimum atomic E-state index is -3.84. The Morgan fingerprint density at radius 3 is 0.814 bits per heavy atom. The van der Waals surface area contributed by atoms with Crippen molar-refractivity contribution in [2.24, 2.45) is 0 Å². The van der Waals surface area contributed by atoms with E-state index in [9.17, 15) is 0 Å². The average Bonchev–Trinajstić information content (AvgIpc) is 2.88. The molecule has 0 aliphatic carbocycles. The van der Waals surface area contributed by atoms with Crippen molar-refractivity contribution in [3.63, 3.8) is 0 Å². The monoisotopic (exact) mass is 641 g/mol. The highest BCUT2D eigenvalue weighted by atomic mass is 31.6. The second-order valence-corrected chi connectivity index (χ2v) is 30.7. The van der Waals surface area contributed by atoms with Crippen LogP contribution in [0.5, 0.6) is 0 Å². The molecule has 0 saturated carbocycles. The number of halogens is 1. The molecule has 2 aromatic rings. The molecule has 0 bridgehead atoms. The normalized spacial score (nSPS) is 13.9. The van der Waals surface area contributed by atoms with Crippen LogP contribution in [-0.2, 0) is 0 Å². The number of benzene rings is 2. The SMILES string of the molecule is CC(C)c1cc(C(C)C)c([Si](F)([P-][Si](C(C)C)(C(C)C)C(C)C)c2c(C(C)C)cc(C(C)C)cc2C(C)C)c(C(C)C)c1. The minimum Gasteiger partial charge on any atom is -0.496 e. The van der Waals surface area contributed by atoms with Gasteiger partial charge in [0.15, 0.2) is 8.08 Å². The maximum absolute atomic E-state index is 20.1. The Labute approximate surface area is 271 Å². The van der Waals surface area contributed by atoms with E-state index in [2.05, 4.69) is 149 Å². The fourth-order valence-corrected chi connectivity index (χ4v) is 36.3. The average molecular weight is 642 g/mol. The minimum absolute atomic E-state index is 0.261. The van der Waals surface area contributed by atoms with Gasteiger partial charge in [-0.25, -0.2) is 0 Å². The van der Waals surface area contributed by atoms with E-state index in [-0.39, 0.29) is 23.7 Å². The molecule has 4 heteroatoms. The molecule has 0 fully saturated rings. The molecule has 244 valence electrons. The first kappa shape index (κ1) is 38.4. The summed E-state index contributed by atoms with van der Waals surface area (Å²) in [4.78, 5) is 0. The van der Waals surface area contributed by atoms with Crippen molar-refractivity contribution >= 4 is 33.9 Å². The lowest BCUT2D eigenvalue weighted by atomic mass is 9.89. The van der Waals surface area contributed by atoms with Crippen LogP contribution >= 0.6 is 7.68 Å². The Kier molecular flexibility index (Phi) is 13.2. The van der Waals surface area contributed by atoms with Gasteiger partial charge in [-0.2, -0.15) is 0 Å². The summed E-state index contributed by atoms with van der Waals surface area (Å²) in [5.41, 5.74) is 9.28. The van der Waals surface area contributed by atoms with Crippen molar-refractivity contribution in [2.75, 3.05) is 0 Å². The summed E-state index contributed by atoms with van der Waals surface area (Å²) in [5.74, 6) is 1.87. The lowest BCUT2D eigenvalue weighted by molar-refractivity contribution is 0.788. The topological polar surface area (TPSA) is 0 Å².